The minimum atomic E-state index is -1.19. The highest BCUT2D eigenvalue weighted by Crippen LogP contribution is 2.26. The Kier molecular flexibility index (Phi) is 7.03. The molecule has 5 N–H and O–H groups in total. The Labute approximate surface area is 196 Å². The lowest BCUT2D eigenvalue weighted by atomic mass is 9.96. The van der Waals surface area contributed by atoms with Crippen LogP contribution in [0.4, 0.5) is 10.1 Å². The zero-order valence-electron chi connectivity index (χ0n) is 18.9. The lowest BCUT2D eigenvalue weighted by Crippen LogP contribution is -2.52. The summed E-state index contributed by atoms with van der Waals surface area (Å²) in [7, 11) is 0. The van der Waals surface area contributed by atoms with Gasteiger partial charge >= 0.3 is 5.97 Å². The Morgan fingerprint density at radius 2 is 2.24 bits per heavy atom. The quantitative estimate of drug-likeness (QED) is 0.180. The lowest BCUT2D eigenvalue weighted by Gasteiger charge is -2.35. The number of alkyl halides is 1. The van der Waals surface area contributed by atoms with Crippen molar-refractivity contribution in [1.82, 2.24) is 15.2 Å². The summed E-state index contributed by atoms with van der Waals surface area (Å²) in [4.78, 5) is 30.4. The number of nitrogens with two attached hydrogens (primary N) is 2. The first kappa shape index (κ1) is 23.6. The van der Waals surface area contributed by atoms with E-state index in [1.54, 1.807) is 6.07 Å². The van der Waals surface area contributed by atoms with Gasteiger partial charge in [0.1, 0.15) is 24.8 Å². The number of ether oxygens (including phenoxy) is 1. The predicted molar refractivity (Wildman–Crippen MR) is 125 cm³/mol. The number of pyridine rings is 1. The van der Waals surface area contributed by atoms with E-state index in [0.29, 0.717) is 37.4 Å². The Hall–Kier alpha value is -3.57. The van der Waals surface area contributed by atoms with Gasteiger partial charge in [-0.3, -0.25) is 14.7 Å². The third-order valence-corrected chi connectivity index (χ3v) is 6.39. The highest BCUT2D eigenvalue weighted by molar-refractivity contribution is 5.94. The van der Waals surface area contributed by atoms with Gasteiger partial charge in [0.2, 0.25) is 0 Å². The summed E-state index contributed by atoms with van der Waals surface area (Å²) in [5.74, 6) is 10.0. The summed E-state index contributed by atoms with van der Waals surface area (Å²) >= 11 is 0. The van der Waals surface area contributed by atoms with Gasteiger partial charge < -0.3 is 15.9 Å². The minimum absolute atomic E-state index is 0.172. The second-order valence-corrected chi connectivity index (χ2v) is 8.46. The van der Waals surface area contributed by atoms with Crippen molar-refractivity contribution in [2.24, 2.45) is 16.8 Å². The van der Waals surface area contributed by atoms with Crippen molar-refractivity contribution in [2.75, 3.05) is 24.6 Å². The first-order valence-corrected chi connectivity index (χ1v) is 11.1. The van der Waals surface area contributed by atoms with Crippen LogP contribution in [0.2, 0.25) is 0 Å². The Morgan fingerprint density at radius 1 is 1.41 bits per heavy atom. The van der Waals surface area contributed by atoms with Crippen LogP contribution in [-0.2, 0) is 17.8 Å². The van der Waals surface area contributed by atoms with E-state index >= 15 is 0 Å². The molecule has 1 fully saturated rings. The number of aromatic nitrogens is 1. The smallest absolute Gasteiger partial charge is 0.338 e. The van der Waals surface area contributed by atoms with Crippen LogP contribution >= 0.6 is 0 Å². The van der Waals surface area contributed by atoms with Crippen molar-refractivity contribution in [2.45, 2.75) is 38.6 Å². The highest BCUT2D eigenvalue weighted by atomic mass is 19.1. The van der Waals surface area contributed by atoms with E-state index < -0.39 is 18.1 Å². The van der Waals surface area contributed by atoms with E-state index in [9.17, 15) is 14.0 Å². The fourth-order valence-corrected chi connectivity index (χ4v) is 4.33. The maximum atomic E-state index is 14.9. The molecule has 1 amide bonds. The Morgan fingerprint density at radius 3 is 2.94 bits per heavy atom. The molecule has 3 heterocycles. The van der Waals surface area contributed by atoms with Crippen LogP contribution in [0, 0.1) is 6.92 Å². The Balaban J connectivity index is 1.28. The summed E-state index contributed by atoms with van der Waals surface area (Å²) in [6.07, 6.45) is 2.68. The molecule has 0 spiro atoms. The van der Waals surface area contributed by atoms with E-state index in [1.165, 1.54) is 23.6 Å². The van der Waals surface area contributed by atoms with Crippen molar-refractivity contribution >= 4 is 23.9 Å². The molecule has 4 rings (SSSR count). The number of fused-ring (bicyclic) bond motifs is 1. The molecule has 180 valence electrons. The van der Waals surface area contributed by atoms with Crippen molar-refractivity contribution in [3.63, 3.8) is 0 Å². The third-order valence-electron chi connectivity index (χ3n) is 6.39. The van der Waals surface area contributed by atoms with Gasteiger partial charge in [0.25, 0.3) is 5.91 Å². The number of anilines is 1. The number of nitrogens with zero attached hydrogens (tertiary/aromatic N) is 4. The van der Waals surface area contributed by atoms with Gasteiger partial charge in [0.05, 0.1) is 23.5 Å². The molecule has 1 aromatic carbocycles. The van der Waals surface area contributed by atoms with Gasteiger partial charge in [-0.25, -0.2) is 20.0 Å². The number of amides is 1. The molecule has 1 saturated heterocycles. The van der Waals surface area contributed by atoms with Gasteiger partial charge in [0, 0.05) is 25.2 Å². The third kappa shape index (κ3) is 5.00. The number of carbonyl (C=O) groups is 2. The maximum absolute atomic E-state index is 14.9. The van der Waals surface area contributed by atoms with Crippen LogP contribution < -0.4 is 22.0 Å². The van der Waals surface area contributed by atoms with Crippen LogP contribution in [0.3, 0.4) is 0 Å². The first-order valence-electron chi connectivity index (χ1n) is 11.1. The number of hydrazone groups is 1. The number of hydrogen-bond acceptors (Lipinski definition) is 8. The maximum Gasteiger partial charge on any atom is 0.338 e. The molecule has 0 aliphatic carbocycles. The average molecular weight is 470 g/mol. The number of nitrogens with one attached hydrogen (secondary N) is 1. The molecule has 0 saturated carbocycles. The molecule has 34 heavy (non-hydrogen) atoms. The summed E-state index contributed by atoms with van der Waals surface area (Å²) in [6.45, 7) is 3.91. The van der Waals surface area contributed by atoms with Gasteiger partial charge in [-0.05, 0) is 49.1 Å². The number of piperidine rings is 1. The monoisotopic (exact) mass is 469 g/mol. The molecular formula is C23H28FN7O3. The van der Waals surface area contributed by atoms with E-state index in [2.05, 4.69) is 20.3 Å². The zero-order chi connectivity index (χ0) is 24.2. The van der Waals surface area contributed by atoms with E-state index in [4.69, 9.17) is 16.4 Å². The van der Waals surface area contributed by atoms with Gasteiger partial charge in [-0.2, -0.15) is 5.10 Å². The van der Waals surface area contributed by atoms with E-state index in [-0.39, 0.29) is 18.2 Å². The molecule has 2 aliphatic heterocycles. The number of esters is 1. The number of halogens is 1. The second-order valence-electron chi connectivity index (χ2n) is 8.46. The molecule has 2 atom stereocenters. The number of likely N-dealkylation sites (tertiary alicyclic amines) is 1. The fraction of sp³-hybridized carbons (Fsp3) is 0.391. The summed E-state index contributed by atoms with van der Waals surface area (Å²) in [5.41, 5.74) is 4.45. The predicted octanol–water partition coefficient (Wildman–Crippen LogP) is 1.03. The largest absolute Gasteiger partial charge is 0.457 e. The summed E-state index contributed by atoms with van der Waals surface area (Å²) in [5, 5.41) is 7.24. The SMILES string of the molecule is Cc1c(CCN2CCC(NC(=O)c3ccc(N(N)/C=N\N)cn3)C(F)C2)ccc2c1COC2=O. The normalized spacial score (nSPS) is 20.3. The molecule has 2 aromatic rings. The second kappa shape index (κ2) is 10.1. The summed E-state index contributed by atoms with van der Waals surface area (Å²) in [6, 6.07) is 6.29. The molecule has 10 nitrogen and oxygen atoms in total. The van der Waals surface area contributed by atoms with Gasteiger partial charge in [-0.1, -0.05) is 6.07 Å². The van der Waals surface area contributed by atoms with Crippen molar-refractivity contribution < 1.29 is 18.7 Å². The average Bonchev–Trinajstić information content (AvgIpc) is 3.22. The standard InChI is InChI=1S/C23H28FN7O3/c1-14-15(2-4-17-18(14)12-34-23(17)33)6-8-30-9-7-20(19(24)11-30)29-22(32)21-5-3-16(10-27-21)31(26)13-28-25/h2-5,10,13,19-20H,6-9,11-12,25-26H2,1H3,(H,29,32)/b28-13-. The number of cyclic esters (lactones) is 1. The van der Waals surface area contributed by atoms with Crippen molar-refractivity contribution in [3.05, 3.63) is 58.4 Å². The van der Waals surface area contributed by atoms with Crippen LogP contribution in [0.5, 0.6) is 0 Å². The minimum Gasteiger partial charge on any atom is -0.457 e. The van der Waals surface area contributed by atoms with E-state index in [0.717, 1.165) is 23.1 Å². The van der Waals surface area contributed by atoms with Crippen LogP contribution in [-0.4, -0.2) is 59.9 Å². The molecule has 11 heteroatoms. The molecular weight excluding hydrogens is 441 g/mol. The number of carbonyl (C=O) groups excluding carboxylic acids is 2. The summed E-state index contributed by atoms with van der Waals surface area (Å²) < 4.78 is 20.0. The molecule has 2 aliphatic rings. The van der Waals surface area contributed by atoms with E-state index in [1.807, 2.05) is 19.1 Å². The molecule has 0 radical (unpaired) electrons. The lowest BCUT2D eigenvalue weighted by molar-refractivity contribution is 0.0534. The fourth-order valence-electron chi connectivity index (χ4n) is 4.33. The van der Waals surface area contributed by atoms with Gasteiger partial charge in [-0.15, -0.1) is 0 Å². The molecule has 0 bridgehead atoms. The topological polar surface area (TPSA) is 139 Å². The van der Waals surface area contributed by atoms with Gasteiger partial charge in [0.15, 0.2) is 0 Å². The van der Waals surface area contributed by atoms with Crippen molar-refractivity contribution in [1.29, 1.82) is 0 Å². The molecule has 2 unspecified atom stereocenters. The van der Waals surface area contributed by atoms with Crippen LogP contribution in [0.15, 0.2) is 35.6 Å². The highest BCUT2D eigenvalue weighted by Gasteiger charge is 2.31. The number of hydrazine groups is 1. The first-order chi connectivity index (χ1) is 16.4. The van der Waals surface area contributed by atoms with Crippen molar-refractivity contribution in [3.8, 4) is 0 Å². The van der Waals surface area contributed by atoms with Crippen LogP contribution in [0.1, 0.15) is 44.0 Å². The Bertz CT molecular complexity index is 1090. The van der Waals surface area contributed by atoms with Crippen LogP contribution in [0.25, 0.3) is 0 Å². The number of benzene rings is 1. The molecule has 1 aromatic heterocycles. The number of hydrogen-bond donors (Lipinski definition) is 3. The number of rotatable bonds is 7. The zero-order valence-corrected chi connectivity index (χ0v) is 18.9.